The topological polar surface area (TPSA) is 9.23 Å². The van der Waals surface area contributed by atoms with Crippen molar-refractivity contribution in [3.05, 3.63) is 75.9 Å². The first-order chi connectivity index (χ1) is 15.5. The lowest BCUT2D eigenvalue weighted by molar-refractivity contribution is 0.533. The molecule has 0 amide bonds. The molecule has 0 saturated carbocycles. The van der Waals surface area contributed by atoms with Crippen molar-refractivity contribution in [1.82, 2.24) is 0 Å². The molecule has 188 valence electrons. The summed E-state index contributed by atoms with van der Waals surface area (Å²) >= 11 is 0. The van der Waals surface area contributed by atoms with Gasteiger partial charge in [-0.3, -0.25) is 0 Å². The Bertz CT molecular complexity index is 529. The van der Waals surface area contributed by atoms with Crippen LogP contribution < -0.4 is 0 Å². The number of hydrogen-bond donors (Lipinski definition) is 0. The van der Waals surface area contributed by atoms with E-state index in [1.54, 1.807) is 0 Å². The van der Waals surface area contributed by atoms with Crippen molar-refractivity contribution < 1.29 is 4.12 Å². The van der Waals surface area contributed by atoms with E-state index in [0.29, 0.717) is 0 Å². The van der Waals surface area contributed by atoms with Gasteiger partial charge in [-0.2, -0.15) is 0 Å². The lowest BCUT2D eigenvalue weighted by Gasteiger charge is -2.36. The number of rotatable bonds is 22. The van der Waals surface area contributed by atoms with Gasteiger partial charge in [0.25, 0.3) is 0 Å². The average Bonchev–Trinajstić information content (AvgIpc) is 2.68. The van der Waals surface area contributed by atoms with Crippen LogP contribution in [0.25, 0.3) is 0 Å². The Hall–Kier alpha value is -0.732. The third-order valence-electron chi connectivity index (χ3n) is 6.99. The molecule has 0 bridgehead atoms. The lowest BCUT2D eigenvalue weighted by atomic mass is 10.6. The van der Waals surface area contributed by atoms with Gasteiger partial charge in [-0.25, -0.2) is 0 Å². The molecule has 0 aliphatic rings. The maximum atomic E-state index is 7.00. The molecule has 0 aliphatic carbocycles. The molecule has 5 heteroatoms. The SMILES string of the molecule is C=CC[Si](CC=C)(CC=C)CCC[Si](C)(C)O[Si](C)(C)CCC[Si](CC=C)(CC=C)CC=C. The zero-order chi connectivity index (χ0) is 25.4. The van der Waals surface area contributed by atoms with Gasteiger partial charge in [-0.05, 0) is 74.5 Å². The maximum Gasteiger partial charge on any atom is 0.173 e. The molecule has 0 saturated heterocycles. The smallest absolute Gasteiger partial charge is 0.173 e. The molecule has 0 aromatic rings. The van der Waals surface area contributed by atoms with Crippen molar-refractivity contribution in [3.63, 3.8) is 0 Å². The number of allylic oxidation sites excluding steroid dienone is 6. The van der Waals surface area contributed by atoms with Gasteiger partial charge in [0.05, 0.1) is 16.1 Å². The van der Waals surface area contributed by atoms with Gasteiger partial charge < -0.3 is 4.12 Å². The Kier molecular flexibility index (Phi) is 15.7. The van der Waals surface area contributed by atoms with E-state index < -0.39 is 32.8 Å². The van der Waals surface area contributed by atoms with Crippen LogP contribution in [0.4, 0.5) is 0 Å². The summed E-state index contributed by atoms with van der Waals surface area (Å²) in [6.07, 6.45) is 15.3. The predicted molar refractivity (Wildman–Crippen MR) is 166 cm³/mol. The standard InChI is InChI=1S/C28H54OSi4/c1-11-19-32(20-12-2,21-13-3)27-17-25-30(7,8)29-31(9,10)26-18-28-33(22-14-4,23-15-5)24-16-6/h11-16H,1-6,17-28H2,7-10H3. The van der Waals surface area contributed by atoms with Crippen LogP contribution in [0.3, 0.4) is 0 Å². The highest BCUT2D eigenvalue weighted by Gasteiger charge is 2.35. The fraction of sp³-hybridized carbons (Fsp3) is 0.571. The Morgan fingerprint density at radius 1 is 0.455 bits per heavy atom. The van der Waals surface area contributed by atoms with E-state index in [2.05, 4.69) is 102 Å². The summed E-state index contributed by atoms with van der Waals surface area (Å²) in [4.78, 5) is 0. The normalized spacial score (nSPS) is 12.7. The molecule has 1 nitrogen and oxygen atoms in total. The molecular weight excluding hydrogens is 465 g/mol. The Balaban J connectivity index is 4.96. The van der Waals surface area contributed by atoms with Crippen LogP contribution in [0.15, 0.2) is 75.9 Å². The Morgan fingerprint density at radius 3 is 0.909 bits per heavy atom. The average molecular weight is 519 g/mol. The van der Waals surface area contributed by atoms with Crippen molar-refractivity contribution in [3.8, 4) is 0 Å². The van der Waals surface area contributed by atoms with Gasteiger partial charge in [0.1, 0.15) is 0 Å². The summed E-state index contributed by atoms with van der Waals surface area (Å²) in [5, 5.41) is 0. The van der Waals surface area contributed by atoms with Gasteiger partial charge in [-0.15, -0.1) is 39.5 Å². The van der Waals surface area contributed by atoms with E-state index in [1.807, 2.05) is 0 Å². The van der Waals surface area contributed by atoms with Gasteiger partial charge in [0, 0.05) is 0 Å². The van der Waals surface area contributed by atoms with E-state index in [4.69, 9.17) is 4.12 Å². The van der Waals surface area contributed by atoms with E-state index in [0.717, 1.165) is 0 Å². The van der Waals surface area contributed by atoms with E-state index in [9.17, 15) is 0 Å². The molecule has 0 fully saturated rings. The van der Waals surface area contributed by atoms with Crippen LogP contribution in [0.5, 0.6) is 0 Å². The molecule has 0 aromatic carbocycles. The molecule has 0 spiro atoms. The first kappa shape index (κ1) is 32.3. The molecule has 33 heavy (non-hydrogen) atoms. The predicted octanol–water partition coefficient (Wildman–Crippen LogP) is 10.2. The van der Waals surface area contributed by atoms with Crippen molar-refractivity contribution in [1.29, 1.82) is 0 Å². The second-order valence-corrected chi connectivity index (χ2v) is 29.6. The lowest BCUT2D eigenvalue weighted by Crippen LogP contribution is -2.45. The van der Waals surface area contributed by atoms with Crippen molar-refractivity contribution in [2.24, 2.45) is 0 Å². The third-order valence-corrected chi connectivity index (χ3v) is 24.3. The van der Waals surface area contributed by atoms with Crippen molar-refractivity contribution in [2.75, 3.05) is 0 Å². The summed E-state index contributed by atoms with van der Waals surface area (Å²) in [7, 11) is -6.19. The fourth-order valence-corrected chi connectivity index (χ4v) is 22.9. The Labute approximate surface area is 211 Å². The molecule has 0 heterocycles. The van der Waals surface area contributed by atoms with E-state index >= 15 is 0 Å². The second-order valence-electron chi connectivity index (χ2n) is 11.3. The summed E-state index contributed by atoms with van der Waals surface area (Å²) in [6.45, 7) is 34.0. The van der Waals surface area contributed by atoms with Crippen LogP contribution >= 0.6 is 0 Å². The molecular formula is C28H54OSi4. The highest BCUT2D eigenvalue weighted by molar-refractivity contribution is 6.85. The van der Waals surface area contributed by atoms with Crippen molar-refractivity contribution in [2.45, 2.75) is 99.5 Å². The quantitative estimate of drug-likeness (QED) is 0.102. The summed E-state index contributed by atoms with van der Waals surface area (Å²) in [6, 6.07) is 12.2. The minimum atomic E-state index is -1.68. The molecule has 0 aliphatic heterocycles. The van der Waals surface area contributed by atoms with Gasteiger partial charge in [0.15, 0.2) is 16.6 Å². The summed E-state index contributed by atoms with van der Waals surface area (Å²) < 4.78 is 7.00. The van der Waals surface area contributed by atoms with Crippen LogP contribution in [0.2, 0.25) is 86.6 Å². The minimum Gasteiger partial charge on any atom is -0.455 e. The highest BCUT2D eigenvalue weighted by Crippen LogP contribution is 2.34. The number of hydrogen-bond acceptors (Lipinski definition) is 1. The largest absolute Gasteiger partial charge is 0.455 e. The van der Waals surface area contributed by atoms with E-state index in [-0.39, 0.29) is 0 Å². The van der Waals surface area contributed by atoms with Gasteiger partial charge >= 0.3 is 0 Å². The van der Waals surface area contributed by atoms with Gasteiger partial charge in [-0.1, -0.05) is 61.4 Å². The first-order valence-electron chi connectivity index (χ1n) is 12.8. The maximum absolute atomic E-state index is 7.00. The molecule has 0 rings (SSSR count). The monoisotopic (exact) mass is 518 g/mol. The molecule has 0 radical (unpaired) electrons. The van der Waals surface area contributed by atoms with Gasteiger partial charge in [0.2, 0.25) is 0 Å². The molecule has 0 atom stereocenters. The molecule has 0 N–H and O–H groups in total. The van der Waals surface area contributed by atoms with Crippen LogP contribution in [0.1, 0.15) is 12.8 Å². The third kappa shape index (κ3) is 13.1. The highest BCUT2D eigenvalue weighted by atomic mass is 28.4. The summed E-state index contributed by atoms with van der Waals surface area (Å²) in [5.41, 5.74) is 0. The second kappa shape index (κ2) is 16.0. The van der Waals surface area contributed by atoms with Crippen molar-refractivity contribution >= 4 is 32.8 Å². The molecule has 0 aromatic heterocycles. The first-order valence-corrected chi connectivity index (χ1v) is 24.7. The van der Waals surface area contributed by atoms with E-state index in [1.165, 1.54) is 73.3 Å². The summed E-state index contributed by atoms with van der Waals surface area (Å²) in [5.74, 6) is 0. The zero-order valence-electron chi connectivity index (χ0n) is 22.6. The molecule has 0 unspecified atom stereocenters. The van der Waals surface area contributed by atoms with Crippen LogP contribution in [-0.2, 0) is 4.12 Å². The zero-order valence-corrected chi connectivity index (χ0v) is 26.6. The minimum absolute atomic E-state index is 1.17. The fourth-order valence-electron chi connectivity index (χ4n) is 5.58. The van der Waals surface area contributed by atoms with Crippen LogP contribution in [-0.4, -0.2) is 32.8 Å². The van der Waals surface area contributed by atoms with Crippen LogP contribution in [0, 0.1) is 0 Å². The Morgan fingerprint density at radius 2 is 0.697 bits per heavy atom.